The summed E-state index contributed by atoms with van der Waals surface area (Å²) >= 11 is 0. The van der Waals surface area contributed by atoms with Crippen LogP contribution in [0.3, 0.4) is 0 Å². The van der Waals surface area contributed by atoms with Gasteiger partial charge in [-0.1, -0.05) is 6.07 Å². The molecule has 0 aliphatic rings. The molecule has 0 aliphatic heterocycles. The van der Waals surface area contributed by atoms with Gasteiger partial charge in [-0.3, -0.25) is 0 Å². The topological polar surface area (TPSA) is 77.4 Å². The van der Waals surface area contributed by atoms with Gasteiger partial charge in [-0.05, 0) is 18.2 Å². The van der Waals surface area contributed by atoms with Crippen molar-refractivity contribution >= 4 is 0 Å². The standard InChI is InChI=1S/C11H12N2O4/c1-15-5-6-16-9-4-2-3-8(7-9)10-12-13-11(14)17-10/h2-4,7H,5-6H2,1H3,(H,13,14). The molecule has 1 heterocycles. The molecule has 0 unspecified atom stereocenters. The average Bonchev–Trinajstić information content (AvgIpc) is 2.77. The second-order valence-electron chi connectivity index (χ2n) is 3.29. The predicted octanol–water partition coefficient (Wildman–Crippen LogP) is 1.06. The molecule has 1 N–H and O–H groups in total. The van der Waals surface area contributed by atoms with E-state index in [1.54, 1.807) is 25.3 Å². The summed E-state index contributed by atoms with van der Waals surface area (Å²) in [4.78, 5) is 10.8. The average molecular weight is 236 g/mol. The van der Waals surface area contributed by atoms with Crippen molar-refractivity contribution < 1.29 is 13.9 Å². The number of H-pyrrole nitrogens is 1. The third kappa shape index (κ3) is 2.94. The minimum Gasteiger partial charge on any atom is -0.491 e. The monoisotopic (exact) mass is 236 g/mol. The van der Waals surface area contributed by atoms with Crippen LogP contribution < -0.4 is 10.5 Å². The molecular weight excluding hydrogens is 224 g/mol. The molecular formula is C11H12N2O4. The van der Waals surface area contributed by atoms with Crippen LogP contribution in [-0.2, 0) is 4.74 Å². The number of nitrogens with zero attached hydrogens (tertiary/aromatic N) is 1. The van der Waals surface area contributed by atoms with Crippen molar-refractivity contribution in [2.24, 2.45) is 0 Å². The number of aromatic amines is 1. The van der Waals surface area contributed by atoms with E-state index in [4.69, 9.17) is 13.9 Å². The van der Waals surface area contributed by atoms with Gasteiger partial charge in [-0.15, -0.1) is 5.10 Å². The number of rotatable bonds is 5. The number of hydrogen-bond donors (Lipinski definition) is 1. The lowest BCUT2D eigenvalue weighted by molar-refractivity contribution is 0.146. The van der Waals surface area contributed by atoms with Gasteiger partial charge in [0.05, 0.1) is 6.61 Å². The van der Waals surface area contributed by atoms with Crippen LogP contribution in [0.2, 0.25) is 0 Å². The highest BCUT2D eigenvalue weighted by atomic mass is 16.5. The van der Waals surface area contributed by atoms with E-state index in [2.05, 4.69) is 10.2 Å². The van der Waals surface area contributed by atoms with Crippen molar-refractivity contribution in [3.63, 3.8) is 0 Å². The maximum Gasteiger partial charge on any atom is 0.434 e. The summed E-state index contributed by atoms with van der Waals surface area (Å²) in [5.74, 6) is 0.336. The highest BCUT2D eigenvalue weighted by Crippen LogP contribution is 2.20. The smallest absolute Gasteiger partial charge is 0.434 e. The Labute approximate surface area is 97.2 Å². The number of nitrogens with one attached hydrogen (secondary N) is 1. The van der Waals surface area contributed by atoms with E-state index in [1.165, 1.54) is 0 Å². The summed E-state index contributed by atoms with van der Waals surface area (Å²) in [6.45, 7) is 0.978. The fourth-order valence-electron chi connectivity index (χ4n) is 1.32. The maximum atomic E-state index is 10.8. The van der Waals surface area contributed by atoms with E-state index in [0.717, 1.165) is 0 Å². The molecule has 0 amide bonds. The Hall–Kier alpha value is -2.08. The summed E-state index contributed by atoms with van der Waals surface area (Å²) in [6, 6.07) is 7.13. The van der Waals surface area contributed by atoms with Crippen LogP contribution >= 0.6 is 0 Å². The summed E-state index contributed by atoms with van der Waals surface area (Å²) < 4.78 is 15.2. The molecule has 2 aromatic rings. The van der Waals surface area contributed by atoms with Crippen LogP contribution in [0.4, 0.5) is 0 Å². The van der Waals surface area contributed by atoms with Crippen LogP contribution in [-0.4, -0.2) is 30.5 Å². The van der Waals surface area contributed by atoms with E-state index in [-0.39, 0.29) is 5.89 Å². The van der Waals surface area contributed by atoms with Crippen molar-refractivity contribution in [1.29, 1.82) is 0 Å². The van der Waals surface area contributed by atoms with Gasteiger partial charge in [0, 0.05) is 12.7 Å². The van der Waals surface area contributed by atoms with Crippen molar-refractivity contribution in [1.82, 2.24) is 10.2 Å². The Morgan fingerprint density at radius 2 is 2.29 bits per heavy atom. The molecule has 90 valence electrons. The predicted molar refractivity (Wildman–Crippen MR) is 59.9 cm³/mol. The van der Waals surface area contributed by atoms with E-state index in [9.17, 15) is 4.79 Å². The molecule has 0 spiro atoms. The first-order valence-corrected chi connectivity index (χ1v) is 5.07. The van der Waals surface area contributed by atoms with Crippen LogP contribution in [0.5, 0.6) is 5.75 Å². The zero-order valence-corrected chi connectivity index (χ0v) is 9.30. The van der Waals surface area contributed by atoms with Crippen molar-refractivity contribution in [2.75, 3.05) is 20.3 Å². The molecule has 1 aromatic carbocycles. The highest BCUT2D eigenvalue weighted by molar-refractivity contribution is 5.55. The Morgan fingerprint density at radius 1 is 1.41 bits per heavy atom. The summed E-state index contributed by atoms with van der Waals surface area (Å²) in [6.07, 6.45) is 0. The first-order valence-electron chi connectivity index (χ1n) is 5.07. The molecule has 17 heavy (non-hydrogen) atoms. The summed E-state index contributed by atoms with van der Waals surface area (Å²) in [7, 11) is 1.61. The van der Waals surface area contributed by atoms with Crippen LogP contribution in [0.1, 0.15) is 0 Å². The molecule has 0 saturated heterocycles. The van der Waals surface area contributed by atoms with Gasteiger partial charge in [-0.2, -0.15) is 0 Å². The fraction of sp³-hybridized carbons (Fsp3) is 0.273. The first-order chi connectivity index (χ1) is 8.29. The molecule has 0 saturated carbocycles. The highest BCUT2D eigenvalue weighted by Gasteiger charge is 2.05. The molecule has 6 nitrogen and oxygen atoms in total. The van der Waals surface area contributed by atoms with Crippen molar-refractivity contribution in [3.8, 4) is 17.2 Å². The normalized spacial score (nSPS) is 10.4. The maximum absolute atomic E-state index is 10.8. The molecule has 0 atom stereocenters. The van der Waals surface area contributed by atoms with Crippen molar-refractivity contribution in [3.05, 3.63) is 34.8 Å². The molecule has 1 aromatic heterocycles. The third-order valence-corrected chi connectivity index (χ3v) is 2.08. The summed E-state index contributed by atoms with van der Waals surface area (Å²) in [5, 5.41) is 5.95. The largest absolute Gasteiger partial charge is 0.491 e. The quantitative estimate of drug-likeness (QED) is 0.785. The second-order valence-corrected chi connectivity index (χ2v) is 3.29. The van der Waals surface area contributed by atoms with Crippen molar-refractivity contribution in [2.45, 2.75) is 0 Å². The molecule has 6 heteroatoms. The van der Waals surface area contributed by atoms with E-state index >= 15 is 0 Å². The van der Waals surface area contributed by atoms with Gasteiger partial charge in [0.1, 0.15) is 12.4 Å². The Morgan fingerprint density at radius 3 is 3.00 bits per heavy atom. The van der Waals surface area contributed by atoms with Gasteiger partial charge in [-0.25, -0.2) is 9.89 Å². The Balaban J connectivity index is 2.14. The number of ether oxygens (including phenoxy) is 2. The lowest BCUT2D eigenvalue weighted by Crippen LogP contribution is -2.04. The third-order valence-electron chi connectivity index (χ3n) is 2.08. The Bertz CT molecular complexity index is 532. The Kier molecular flexibility index (Phi) is 3.56. The lowest BCUT2D eigenvalue weighted by Gasteiger charge is -2.05. The van der Waals surface area contributed by atoms with E-state index in [1.807, 2.05) is 6.07 Å². The molecule has 0 aliphatic carbocycles. The van der Waals surface area contributed by atoms with Crippen LogP contribution in [0.25, 0.3) is 11.5 Å². The zero-order chi connectivity index (χ0) is 12.1. The summed E-state index contributed by atoms with van der Waals surface area (Å²) in [5.41, 5.74) is 0.679. The SMILES string of the molecule is COCCOc1cccc(-c2n[nH]c(=O)o2)c1. The number of methoxy groups -OCH3 is 1. The second kappa shape index (κ2) is 5.31. The molecule has 0 bridgehead atoms. The van der Waals surface area contributed by atoms with Gasteiger partial charge < -0.3 is 13.9 Å². The van der Waals surface area contributed by atoms with Crippen LogP contribution in [0, 0.1) is 0 Å². The van der Waals surface area contributed by atoms with Gasteiger partial charge in [0.25, 0.3) is 0 Å². The van der Waals surface area contributed by atoms with E-state index < -0.39 is 5.76 Å². The number of benzene rings is 1. The lowest BCUT2D eigenvalue weighted by atomic mass is 10.2. The van der Waals surface area contributed by atoms with Gasteiger partial charge in [0.2, 0.25) is 5.89 Å². The minimum absolute atomic E-state index is 0.243. The molecule has 0 fully saturated rings. The van der Waals surface area contributed by atoms with Gasteiger partial charge in [0.15, 0.2) is 0 Å². The van der Waals surface area contributed by atoms with Crippen LogP contribution in [0.15, 0.2) is 33.5 Å². The number of hydrogen-bond acceptors (Lipinski definition) is 5. The fourth-order valence-corrected chi connectivity index (χ4v) is 1.32. The molecule has 0 radical (unpaired) electrons. The molecule has 2 rings (SSSR count). The first kappa shape index (κ1) is 11.4. The minimum atomic E-state index is -0.578. The van der Waals surface area contributed by atoms with E-state index in [0.29, 0.717) is 24.5 Å². The van der Waals surface area contributed by atoms with Gasteiger partial charge >= 0.3 is 5.76 Å². The number of aromatic nitrogens is 2. The zero-order valence-electron chi connectivity index (χ0n) is 9.30.